The zero-order chi connectivity index (χ0) is 25.4. The molecule has 0 saturated carbocycles. The fourth-order valence-electron chi connectivity index (χ4n) is 5.88. The first kappa shape index (κ1) is 23.5. The molecular formula is C31H32N4O2. The molecule has 0 aliphatic carbocycles. The van der Waals surface area contributed by atoms with Gasteiger partial charge in [-0.1, -0.05) is 60.7 Å². The monoisotopic (exact) mass is 492 g/mol. The van der Waals surface area contributed by atoms with Gasteiger partial charge in [-0.2, -0.15) is 0 Å². The van der Waals surface area contributed by atoms with Gasteiger partial charge in [0, 0.05) is 29.4 Å². The van der Waals surface area contributed by atoms with Crippen molar-refractivity contribution in [2.75, 3.05) is 25.0 Å². The molecular weight excluding hydrogens is 460 g/mol. The molecule has 0 unspecified atom stereocenters. The molecule has 7 rings (SSSR count). The van der Waals surface area contributed by atoms with Crippen molar-refractivity contribution in [1.29, 1.82) is 0 Å². The van der Waals surface area contributed by atoms with Gasteiger partial charge < -0.3 is 20.9 Å². The van der Waals surface area contributed by atoms with Crippen LogP contribution in [0.4, 0.5) is 5.69 Å². The number of nitrogens with zero attached hydrogens (tertiary/aromatic N) is 1. The molecule has 4 aliphatic heterocycles. The Morgan fingerprint density at radius 1 is 0.946 bits per heavy atom. The summed E-state index contributed by atoms with van der Waals surface area (Å²) in [5, 5.41) is 9.91. The molecule has 6 nitrogen and oxygen atoms in total. The van der Waals surface area contributed by atoms with Crippen LogP contribution in [0.1, 0.15) is 52.9 Å². The SMILES string of the molecule is C[C@@H](NC(=O)c1ccc2c(c1)/C(=C(/N[C@H]1CN3CCC1CC3)c1ccccc1)C(=O)N2)c1ccccc1. The number of amides is 2. The Bertz CT molecular complexity index is 1340. The predicted molar refractivity (Wildman–Crippen MR) is 147 cm³/mol. The Hall–Kier alpha value is -3.90. The van der Waals surface area contributed by atoms with E-state index < -0.39 is 0 Å². The van der Waals surface area contributed by atoms with Gasteiger partial charge in [0.25, 0.3) is 11.8 Å². The summed E-state index contributed by atoms with van der Waals surface area (Å²) < 4.78 is 0. The van der Waals surface area contributed by atoms with E-state index in [0.717, 1.165) is 47.7 Å². The molecule has 0 spiro atoms. The summed E-state index contributed by atoms with van der Waals surface area (Å²) in [5.41, 5.74) is 5.49. The van der Waals surface area contributed by atoms with Crippen molar-refractivity contribution in [3.8, 4) is 0 Å². The molecule has 3 aromatic rings. The first-order valence-corrected chi connectivity index (χ1v) is 13.2. The van der Waals surface area contributed by atoms with E-state index in [4.69, 9.17) is 0 Å². The molecule has 0 radical (unpaired) electrons. The fraction of sp³-hybridized carbons (Fsp3) is 0.290. The number of rotatable bonds is 6. The second-order valence-electron chi connectivity index (χ2n) is 10.3. The molecule has 4 aliphatic rings. The van der Waals surface area contributed by atoms with Gasteiger partial charge in [0.2, 0.25) is 0 Å². The standard InChI is InChI=1S/C31H32N4O2/c1-20(21-8-4-2-5-9-21)32-30(36)24-12-13-26-25(18-24)28(31(37)34-26)29(23-10-6-3-7-11-23)33-27-19-35-16-14-22(27)15-17-35/h2-13,18,20,22,27,33H,14-17,19H2,1H3,(H,32,36)(H,34,37)/b29-28-/t20-,27+/m1/s1. The molecule has 2 bridgehead atoms. The summed E-state index contributed by atoms with van der Waals surface area (Å²) >= 11 is 0. The summed E-state index contributed by atoms with van der Waals surface area (Å²) in [7, 11) is 0. The molecule has 4 heterocycles. The van der Waals surface area contributed by atoms with Crippen molar-refractivity contribution in [1.82, 2.24) is 15.5 Å². The number of anilines is 1. The molecule has 3 aromatic carbocycles. The van der Waals surface area contributed by atoms with Crippen LogP contribution < -0.4 is 16.0 Å². The van der Waals surface area contributed by atoms with Crippen LogP contribution in [0.2, 0.25) is 0 Å². The first-order valence-electron chi connectivity index (χ1n) is 13.2. The van der Waals surface area contributed by atoms with Crippen molar-refractivity contribution < 1.29 is 9.59 Å². The topological polar surface area (TPSA) is 73.5 Å². The molecule has 2 amide bonds. The number of benzene rings is 3. The van der Waals surface area contributed by atoms with Gasteiger partial charge in [0.1, 0.15) is 0 Å². The first-order chi connectivity index (χ1) is 18.1. The molecule has 3 N–H and O–H groups in total. The Morgan fingerprint density at radius 2 is 1.65 bits per heavy atom. The molecule has 3 saturated heterocycles. The summed E-state index contributed by atoms with van der Waals surface area (Å²) in [6.45, 7) is 5.28. The highest BCUT2D eigenvalue weighted by atomic mass is 16.2. The largest absolute Gasteiger partial charge is 0.380 e. The smallest absolute Gasteiger partial charge is 0.258 e. The van der Waals surface area contributed by atoms with E-state index >= 15 is 0 Å². The summed E-state index contributed by atoms with van der Waals surface area (Å²) in [5.74, 6) is 0.298. The molecule has 6 heteroatoms. The van der Waals surface area contributed by atoms with E-state index in [-0.39, 0.29) is 17.9 Å². The van der Waals surface area contributed by atoms with Crippen LogP contribution in [0.15, 0.2) is 78.9 Å². The van der Waals surface area contributed by atoms with Crippen molar-refractivity contribution in [3.05, 3.63) is 101 Å². The molecule has 3 fully saturated rings. The van der Waals surface area contributed by atoms with Gasteiger partial charge in [0.15, 0.2) is 0 Å². The van der Waals surface area contributed by atoms with Crippen LogP contribution in [0.3, 0.4) is 0 Å². The number of fused-ring (bicyclic) bond motifs is 4. The number of piperidine rings is 3. The Kier molecular flexibility index (Phi) is 6.26. The van der Waals surface area contributed by atoms with E-state index in [2.05, 4.69) is 20.9 Å². The lowest BCUT2D eigenvalue weighted by molar-refractivity contribution is -0.110. The zero-order valence-corrected chi connectivity index (χ0v) is 21.0. The maximum absolute atomic E-state index is 13.4. The van der Waals surface area contributed by atoms with E-state index in [9.17, 15) is 9.59 Å². The maximum Gasteiger partial charge on any atom is 0.258 e. The zero-order valence-electron chi connectivity index (χ0n) is 21.0. The quantitative estimate of drug-likeness (QED) is 0.437. The average molecular weight is 493 g/mol. The second kappa shape index (κ2) is 9.87. The van der Waals surface area contributed by atoms with Gasteiger partial charge in [-0.05, 0) is 68.1 Å². The number of hydrogen-bond donors (Lipinski definition) is 3. The maximum atomic E-state index is 13.4. The molecule has 0 aromatic heterocycles. The van der Waals surface area contributed by atoms with E-state index in [1.165, 1.54) is 12.8 Å². The highest BCUT2D eigenvalue weighted by Crippen LogP contribution is 2.38. The van der Waals surface area contributed by atoms with Crippen LogP contribution in [0.25, 0.3) is 11.3 Å². The molecule has 2 atom stereocenters. The van der Waals surface area contributed by atoms with Crippen molar-refractivity contribution in [2.24, 2.45) is 5.92 Å². The Labute approximate surface area is 217 Å². The normalized spacial score (nSPS) is 24.1. The lowest BCUT2D eigenvalue weighted by Gasteiger charge is -2.45. The van der Waals surface area contributed by atoms with Gasteiger partial charge in [-0.3, -0.25) is 9.59 Å². The Morgan fingerprint density at radius 3 is 2.32 bits per heavy atom. The summed E-state index contributed by atoms with van der Waals surface area (Å²) in [6, 6.07) is 25.6. The Balaban J connectivity index is 1.36. The van der Waals surface area contributed by atoms with Crippen molar-refractivity contribution >= 4 is 28.8 Å². The van der Waals surface area contributed by atoms with Crippen LogP contribution in [0, 0.1) is 5.92 Å². The van der Waals surface area contributed by atoms with Gasteiger partial charge in [0.05, 0.1) is 17.3 Å². The number of carbonyl (C=O) groups is 2. The minimum absolute atomic E-state index is 0.130. The predicted octanol–water partition coefficient (Wildman–Crippen LogP) is 4.68. The van der Waals surface area contributed by atoms with E-state index in [0.29, 0.717) is 23.1 Å². The third-order valence-electron chi connectivity index (χ3n) is 7.97. The van der Waals surface area contributed by atoms with Gasteiger partial charge in [-0.15, -0.1) is 0 Å². The van der Waals surface area contributed by atoms with Gasteiger partial charge >= 0.3 is 0 Å². The van der Waals surface area contributed by atoms with Gasteiger partial charge in [-0.25, -0.2) is 0 Å². The molecule has 37 heavy (non-hydrogen) atoms. The molecule has 188 valence electrons. The van der Waals surface area contributed by atoms with Crippen LogP contribution in [0.5, 0.6) is 0 Å². The highest BCUT2D eigenvalue weighted by Gasteiger charge is 2.36. The van der Waals surface area contributed by atoms with Crippen molar-refractivity contribution in [2.45, 2.75) is 31.8 Å². The average Bonchev–Trinajstić information content (AvgIpc) is 3.28. The number of hydrogen-bond acceptors (Lipinski definition) is 4. The van der Waals surface area contributed by atoms with Crippen LogP contribution in [-0.2, 0) is 4.79 Å². The van der Waals surface area contributed by atoms with E-state index in [1.807, 2.05) is 79.7 Å². The summed E-state index contributed by atoms with van der Waals surface area (Å²) in [4.78, 5) is 29.1. The number of carbonyl (C=O) groups excluding carboxylic acids is 2. The number of nitrogens with one attached hydrogen (secondary N) is 3. The summed E-state index contributed by atoms with van der Waals surface area (Å²) in [6.07, 6.45) is 2.36. The van der Waals surface area contributed by atoms with E-state index in [1.54, 1.807) is 6.07 Å². The van der Waals surface area contributed by atoms with Crippen molar-refractivity contribution in [3.63, 3.8) is 0 Å². The van der Waals surface area contributed by atoms with Crippen LogP contribution in [-0.4, -0.2) is 42.4 Å². The minimum Gasteiger partial charge on any atom is -0.380 e. The minimum atomic E-state index is -0.163. The van der Waals surface area contributed by atoms with Crippen LogP contribution >= 0.6 is 0 Å². The fourth-order valence-corrected chi connectivity index (χ4v) is 5.88. The lowest BCUT2D eigenvalue weighted by Crippen LogP contribution is -2.55. The lowest BCUT2D eigenvalue weighted by atomic mass is 9.83. The second-order valence-corrected chi connectivity index (χ2v) is 10.3. The third-order valence-corrected chi connectivity index (χ3v) is 7.97. The third kappa shape index (κ3) is 4.65. The highest BCUT2D eigenvalue weighted by molar-refractivity contribution is 6.36.